The summed E-state index contributed by atoms with van der Waals surface area (Å²) >= 11 is 0. The molecule has 1 saturated carbocycles. The van der Waals surface area contributed by atoms with Crippen LogP contribution in [0.4, 0.5) is 0 Å². The van der Waals surface area contributed by atoms with Gasteiger partial charge in [-0.1, -0.05) is 6.07 Å². The quantitative estimate of drug-likeness (QED) is 0.719. The maximum absolute atomic E-state index is 11.8. The van der Waals surface area contributed by atoms with E-state index in [0.29, 0.717) is 24.1 Å². The smallest absolute Gasteiger partial charge is 0.237 e. The first-order valence-corrected chi connectivity index (χ1v) is 7.25. The van der Waals surface area contributed by atoms with Gasteiger partial charge in [0.1, 0.15) is 0 Å². The topological polar surface area (TPSA) is 79.8 Å². The molecule has 0 saturated heterocycles. The van der Waals surface area contributed by atoms with Gasteiger partial charge in [-0.05, 0) is 37.5 Å². The van der Waals surface area contributed by atoms with Gasteiger partial charge in [0.15, 0.2) is 11.5 Å². The predicted molar refractivity (Wildman–Crippen MR) is 76.2 cm³/mol. The Morgan fingerprint density at radius 2 is 2.14 bits per heavy atom. The number of ether oxygens (including phenoxy) is 2. The van der Waals surface area contributed by atoms with Gasteiger partial charge in [-0.2, -0.15) is 0 Å². The van der Waals surface area contributed by atoms with Crippen molar-refractivity contribution in [1.82, 2.24) is 10.6 Å². The first kappa shape index (κ1) is 14.2. The minimum Gasteiger partial charge on any atom is -0.454 e. The van der Waals surface area contributed by atoms with Gasteiger partial charge in [0.25, 0.3) is 0 Å². The standard InChI is InChI=1S/C15H20N2O4/c1-9(15(19)17-11-3-4-11)16-7-12(18)10-2-5-13-14(6-10)21-8-20-13/h2,5-6,9,11-12,16,18H,3-4,7-8H2,1H3,(H,17,19). The van der Waals surface area contributed by atoms with Crippen molar-refractivity contribution in [1.29, 1.82) is 0 Å². The van der Waals surface area contributed by atoms with Gasteiger partial charge < -0.3 is 25.2 Å². The number of amides is 1. The minimum atomic E-state index is -0.698. The van der Waals surface area contributed by atoms with E-state index in [0.717, 1.165) is 18.4 Å². The maximum Gasteiger partial charge on any atom is 0.237 e. The Morgan fingerprint density at radius 3 is 2.90 bits per heavy atom. The summed E-state index contributed by atoms with van der Waals surface area (Å²) in [6.45, 7) is 2.31. The van der Waals surface area contributed by atoms with Crippen molar-refractivity contribution >= 4 is 5.91 Å². The van der Waals surface area contributed by atoms with E-state index in [1.54, 1.807) is 25.1 Å². The third-order valence-electron chi connectivity index (χ3n) is 3.72. The predicted octanol–water partition coefficient (Wildman–Crippen LogP) is 0.705. The molecule has 0 aromatic heterocycles. The summed E-state index contributed by atoms with van der Waals surface area (Å²) in [7, 11) is 0. The summed E-state index contributed by atoms with van der Waals surface area (Å²) in [5.41, 5.74) is 0.738. The number of hydrogen-bond donors (Lipinski definition) is 3. The molecule has 3 N–H and O–H groups in total. The fourth-order valence-electron chi connectivity index (χ4n) is 2.17. The highest BCUT2D eigenvalue weighted by atomic mass is 16.7. The number of carbonyl (C=O) groups is 1. The van der Waals surface area contributed by atoms with Crippen LogP contribution in [0.3, 0.4) is 0 Å². The van der Waals surface area contributed by atoms with E-state index in [1.807, 2.05) is 0 Å². The van der Waals surface area contributed by atoms with Gasteiger partial charge in [0, 0.05) is 12.6 Å². The van der Waals surface area contributed by atoms with Gasteiger partial charge in [0.05, 0.1) is 12.1 Å². The highest BCUT2D eigenvalue weighted by Crippen LogP contribution is 2.34. The molecule has 1 aromatic rings. The molecule has 1 aliphatic carbocycles. The summed E-state index contributed by atoms with van der Waals surface area (Å²) in [4.78, 5) is 11.8. The zero-order chi connectivity index (χ0) is 14.8. The molecule has 1 aliphatic heterocycles. The van der Waals surface area contributed by atoms with Crippen molar-refractivity contribution in [3.05, 3.63) is 23.8 Å². The lowest BCUT2D eigenvalue weighted by Crippen LogP contribution is -2.44. The molecule has 6 nitrogen and oxygen atoms in total. The van der Waals surface area contributed by atoms with Crippen LogP contribution in [-0.4, -0.2) is 36.4 Å². The van der Waals surface area contributed by atoms with Crippen molar-refractivity contribution in [3.8, 4) is 11.5 Å². The van der Waals surface area contributed by atoms with Crippen LogP contribution >= 0.6 is 0 Å². The second-order valence-corrected chi connectivity index (χ2v) is 5.54. The van der Waals surface area contributed by atoms with Gasteiger partial charge >= 0.3 is 0 Å². The van der Waals surface area contributed by atoms with Gasteiger partial charge in [-0.3, -0.25) is 4.79 Å². The lowest BCUT2D eigenvalue weighted by atomic mass is 10.1. The average molecular weight is 292 g/mol. The molecule has 2 unspecified atom stereocenters. The lowest BCUT2D eigenvalue weighted by Gasteiger charge is -2.17. The van der Waals surface area contributed by atoms with E-state index in [4.69, 9.17) is 9.47 Å². The largest absolute Gasteiger partial charge is 0.454 e. The number of nitrogens with one attached hydrogen (secondary N) is 2. The van der Waals surface area contributed by atoms with Crippen molar-refractivity contribution in [2.45, 2.75) is 38.0 Å². The molecule has 1 aromatic carbocycles. The second-order valence-electron chi connectivity index (χ2n) is 5.54. The van der Waals surface area contributed by atoms with Crippen LogP contribution in [0.2, 0.25) is 0 Å². The Morgan fingerprint density at radius 1 is 1.38 bits per heavy atom. The minimum absolute atomic E-state index is 0.0182. The van der Waals surface area contributed by atoms with E-state index in [9.17, 15) is 9.90 Å². The van der Waals surface area contributed by atoms with Crippen LogP contribution in [0.1, 0.15) is 31.4 Å². The number of aliphatic hydroxyl groups is 1. The Kier molecular flexibility index (Phi) is 3.98. The van der Waals surface area contributed by atoms with E-state index in [-0.39, 0.29) is 18.7 Å². The van der Waals surface area contributed by atoms with Gasteiger partial charge in [0.2, 0.25) is 12.7 Å². The molecular formula is C15H20N2O4. The molecule has 0 bridgehead atoms. The molecule has 1 amide bonds. The highest BCUT2D eigenvalue weighted by Gasteiger charge is 2.25. The molecule has 3 rings (SSSR count). The van der Waals surface area contributed by atoms with E-state index >= 15 is 0 Å². The molecule has 1 fully saturated rings. The van der Waals surface area contributed by atoms with Crippen LogP contribution in [0.25, 0.3) is 0 Å². The second kappa shape index (κ2) is 5.91. The summed E-state index contributed by atoms with van der Waals surface area (Å²) in [5, 5.41) is 16.2. The molecule has 1 heterocycles. The normalized spacial score (nSPS) is 19.1. The van der Waals surface area contributed by atoms with E-state index < -0.39 is 6.10 Å². The summed E-state index contributed by atoms with van der Waals surface area (Å²) in [5.74, 6) is 1.32. The first-order valence-electron chi connectivity index (χ1n) is 7.25. The van der Waals surface area contributed by atoms with Crippen LogP contribution < -0.4 is 20.1 Å². The molecule has 6 heteroatoms. The van der Waals surface area contributed by atoms with Gasteiger partial charge in [-0.15, -0.1) is 0 Å². The Labute approximate surface area is 123 Å². The Bertz CT molecular complexity index is 530. The van der Waals surface area contributed by atoms with Crippen molar-refractivity contribution in [3.63, 3.8) is 0 Å². The third kappa shape index (κ3) is 3.46. The first-order chi connectivity index (χ1) is 10.1. The van der Waals surface area contributed by atoms with Crippen LogP contribution in [0, 0.1) is 0 Å². The molecule has 21 heavy (non-hydrogen) atoms. The van der Waals surface area contributed by atoms with Gasteiger partial charge in [-0.25, -0.2) is 0 Å². The average Bonchev–Trinajstić information content (AvgIpc) is 3.17. The van der Waals surface area contributed by atoms with Crippen LogP contribution in [-0.2, 0) is 4.79 Å². The van der Waals surface area contributed by atoms with Crippen LogP contribution in [0.15, 0.2) is 18.2 Å². The van der Waals surface area contributed by atoms with E-state index in [1.165, 1.54) is 0 Å². The van der Waals surface area contributed by atoms with Crippen molar-refractivity contribution < 1.29 is 19.4 Å². The molecule has 114 valence electrons. The lowest BCUT2D eigenvalue weighted by molar-refractivity contribution is -0.123. The zero-order valence-electron chi connectivity index (χ0n) is 12.0. The number of carbonyl (C=O) groups excluding carboxylic acids is 1. The molecule has 2 aliphatic rings. The number of fused-ring (bicyclic) bond motifs is 1. The van der Waals surface area contributed by atoms with Crippen molar-refractivity contribution in [2.75, 3.05) is 13.3 Å². The summed E-state index contributed by atoms with van der Waals surface area (Å²) < 4.78 is 10.5. The Balaban J connectivity index is 1.51. The molecular weight excluding hydrogens is 272 g/mol. The number of benzene rings is 1. The third-order valence-corrected chi connectivity index (χ3v) is 3.72. The maximum atomic E-state index is 11.8. The van der Waals surface area contributed by atoms with Crippen molar-refractivity contribution in [2.24, 2.45) is 0 Å². The molecule has 2 atom stereocenters. The number of aliphatic hydroxyl groups excluding tert-OH is 1. The SMILES string of the molecule is CC(NCC(O)c1ccc2c(c1)OCO2)C(=O)NC1CC1. The Hall–Kier alpha value is -1.79. The molecule has 0 radical (unpaired) electrons. The number of rotatable bonds is 6. The molecule has 0 spiro atoms. The number of hydrogen-bond acceptors (Lipinski definition) is 5. The summed E-state index contributed by atoms with van der Waals surface area (Å²) in [6, 6.07) is 5.37. The van der Waals surface area contributed by atoms with E-state index in [2.05, 4.69) is 10.6 Å². The van der Waals surface area contributed by atoms with Crippen LogP contribution in [0.5, 0.6) is 11.5 Å². The summed E-state index contributed by atoms with van der Waals surface area (Å²) in [6.07, 6.45) is 1.44. The zero-order valence-corrected chi connectivity index (χ0v) is 12.0. The fraction of sp³-hybridized carbons (Fsp3) is 0.533. The highest BCUT2D eigenvalue weighted by molar-refractivity contribution is 5.81. The fourth-order valence-corrected chi connectivity index (χ4v) is 2.17. The monoisotopic (exact) mass is 292 g/mol.